The molecule has 0 bridgehead atoms. The zero-order valence-electron chi connectivity index (χ0n) is 19.7. The number of pyridine rings is 1. The van der Waals surface area contributed by atoms with Crippen molar-refractivity contribution in [2.75, 3.05) is 43.0 Å². The minimum Gasteiger partial charge on any atom is -0.444 e. The van der Waals surface area contributed by atoms with Gasteiger partial charge in [0.25, 0.3) is 0 Å². The summed E-state index contributed by atoms with van der Waals surface area (Å²) in [5.74, 6) is 0.552. The van der Waals surface area contributed by atoms with Gasteiger partial charge in [-0.05, 0) is 33.3 Å². The predicted octanol–water partition coefficient (Wildman–Crippen LogP) is 2.58. The van der Waals surface area contributed by atoms with Crippen molar-refractivity contribution in [3.63, 3.8) is 0 Å². The average molecular weight is 470 g/mol. The molecule has 0 radical (unpaired) electrons. The molecule has 2 aromatic heterocycles. The summed E-state index contributed by atoms with van der Waals surface area (Å²) in [6, 6.07) is 3.30. The maximum atomic E-state index is 12.5. The van der Waals surface area contributed by atoms with Gasteiger partial charge in [-0.2, -0.15) is 0 Å². The van der Waals surface area contributed by atoms with E-state index in [9.17, 15) is 9.59 Å². The molecule has 0 unspecified atom stereocenters. The van der Waals surface area contributed by atoms with Crippen LogP contribution in [0.1, 0.15) is 38.9 Å². The molecule has 2 aliphatic heterocycles. The fraction of sp³-hybridized carbons (Fsp3) is 0.522. The smallest absolute Gasteiger partial charge is 0.410 e. The van der Waals surface area contributed by atoms with E-state index < -0.39 is 5.60 Å². The van der Waals surface area contributed by atoms with Crippen molar-refractivity contribution in [3.05, 3.63) is 42.5 Å². The number of hydrogen-bond acceptors (Lipinski definition) is 8. The van der Waals surface area contributed by atoms with Gasteiger partial charge in [-0.25, -0.2) is 19.6 Å². The SMILES string of the molecule is CC(C)(C)OC(=O)N1CCN(c2ncc(NC(=O)N[C@@H]3CCO[C@H]3c3cccnc3)cn2)CC1. The van der Waals surface area contributed by atoms with Gasteiger partial charge in [0.15, 0.2) is 0 Å². The first kappa shape index (κ1) is 23.7. The van der Waals surface area contributed by atoms with E-state index in [0.717, 1.165) is 12.0 Å². The van der Waals surface area contributed by atoms with Gasteiger partial charge < -0.3 is 29.9 Å². The van der Waals surface area contributed by atoms with Crippen LogP contribution in [0.5, 0.6) is 0 Å². The Balaban J connectivity index is 1.26. The van der Waals surface area contributed by atoms with E-state index in [1.807, 2.05) is 37.8 Å². The number of nitrogens with one attached hydrogen (secondary N) is 2. The molecule has 0 aliphatic carbocycles. The number of nitrogens with zero attached hydrogens (tertiary/aromatic N) is 5. The molecular weight excluding hydrogens is 438 g/mol. The third-order valence-corrected chi connectivity index (χ3v) is 5.53. The van der Waals surface area contributed by atoms with Crippen LogP contribution >= 0.6 is 0 Å². The Morgan fingerprint density at radius 1 is 1.12 bits per heavy atom. The molecular formula is C23H31N7O4. The Hall–Kier alpha value is -3.47. The van der Waals surface area contributed by atoms with Crippen molar-refractivity contribution in [1.82, 2.24) is 25.2 Å². The first-order chi connectivity index (χ1) is 16.3. The van der Waals surface area contributed by atoms with E-state index in [2.05, 4.69) is 25.6 Å². The Labute approximate surface area is 198 Å². The molecule has 2 aliphatic rings. The van der Waals surface area contributed by atoms with E-state index in [4.69, 9.17) is 9.47 Å². The molecule has 11 heteroatoms. The van der Waals surface area contributed by atoms with Crippen LogP contribution in [0.3, 0.4) is 0 Å². The minimum atomic E-state index is -0.517. The highest BCUT2D eigenvalue weighted by atomic mass is 16.6. The lowest BCUT2D eigenvalue weighted by molar-refractivity contribution is 0.0240. The molecule has 2 fully saturated rings. The summed E-state index contributed by atoms with van der Waals surface area (Å²) in [6.07, 6.45) is 6.80. The summed E-state index contributed by atoms with van der Waals surface area (Å²) in [5, 5.41) is 5.75. The number of hydrogen-bond donors (Lipinski definition) is 2. The molecule has 3 amide bonds. The Morgan fingerprint density at radius 3 is 2.50 bits per heavy atom. The van der Waals surface area contributed by atoms with Crippen LogP contribution in [0, 0.1) is 0 Å². The molecule has 34 heavy (non-hydrogen) atoms. The van der Waals surface area contributed by atoms with Gasteiger partial charge in [0, 0.05) is 50.7 Å². The molecule has 182 valence electrons. The van der Waals surface area contributed by atoms with Crippen molar-refractivity contribution in [1.29, 1.82) is 0 Å². The van der Waals surface area contributed by atoms with Crippen LogP contribution in [0.15, 0.2) is 36.9 Å². The minimum absolute atomic E-state index is 0.148. The molecule has 2 atom stereocenters. The first-order valence-corrected chi connectivity index (χ1v) is 11.4. The summed E-state index contributed by atoms with van der Waals surface area (Å²) in [7, 11) is 0. The maximum absolute atomic E-state index is 12.5. The van der Waals surface area contributed by atoms with Crippen molar-refractivity contribution < 1.29 is 19.1 Å². The van der Waals surface area contributed by atoms with Crippen LogP contribution in [0.2, 0.25) is 0 Å². The second-order valence-electron chi connectivity index (χ2n) is 9.30. The summed E-state index contributed by atoms with van der Waals surface area (Å²) in [5.41, 5.74) is 0.909. The van der Waals surface area contributed by atoms with Gasteiger partial charge >= 0.3 is 12.1 Å². The van der Waals surface area contributed by atoms with Gasteiger partial charge in [0.1, 0.15) is 11.7 Å². The molecule has 0 aromatic carbocycles. The van der Waals surface area contributed by atoms with Crippen LogP contribution in [0.25, 0.3) is 0 Å². The standard InChI is InChI=1S/C23H31N7O4/c1-23(2,3)34-22(32)30-10-8-29(9-11-30)20-25-14-17(15-26-20)27-21(31)28-18-6-12-33-19(18)16-5-4-7-24-13-16/h4-5,7,13-15,18-19H,6,8-12H2,1-3H3,(H2,27,28,31)/t18-,19+/m1/s1. The number of carbonyl (C=O) groups excluding carboxylic acids is 2. The van der Waals surface area contributed by atoms with Crippen LogP contribution in [-0.2, 0) is 9.47 Å². The number of rotatable bonds is 4. The number of urea groups is 1. The molecule has 4 rings (SSSR count). The second kappa shape index (κ2) is 10.2. The second-order valence-corrected chi connectivity index (χ2v) is 9.30. The summed E-state index contributed by atoms with van der Waals surface area (Å²) in [4.78, 5) is 41.3. The highest BCUT2D eigenvalue weighted by molar-refractivity contribution is 5.89. The Bertz CT molecular complexity index is 973. The van der Waals surface area contributed by atoms with E-state index in [1.54, 1.807) is 29.7 Å². The molecule has 2 aromatic rings. The number of piperazine rings is 1. The molecule has 2 saturated heterocycles. The van der Waals surface area contributed by atoms with E-state index in [0.29, 0.717) is 44.4 Å². The first-order valence-electron chi connectivity index (χ1n) is 11.4. The maximum Gasteiger partial charge on any atom is 0.410 e. The Kier molecular flexibility index (Phi) is 7.11. The zero-order valence-corrected chi connectivity index (χ0v) is 19.7. The lowest BCUT2D eigenvalue weighted by atomic mass is 10.0. The number of carbonyl (C=O) groups is 2. The predicted molar refractivity (Wildman–Crippen MR) is 126 cm³/mol. The summed E-state index contributed by atoms with van der Waals surface area (Å²) in [6.45, 7) is 8.39. The van der Waals surface area contributed by atoms with Gasteiger partial charge in [-0.15, -0.1) is 0 Å². The Morgan fingerprint density at radius 2 is 1.85 bits per heavy atom. The van der Waals surface area contributed by atoms with E-state index >= 15 is 0 Å². The van der Waals surface area contributed by atoms with Crippen LogP contribution in [-0.4, -0.2) is 76.4 Å². The third-order valence-electron chi connectivity index (χ3n) is 5.53. The number of aromatic nitrogens is 3. The topological polar surface area (TPSA) is 122 Å². The van der Waals surface area contributed by atoms with Crippen LogP contribution < -0.4 is 15.5 Å². The molecule has 4 heterocycles. The number of ether oxygens (including phenoxy) is 2. The fourth-order valence-corrected chi connectivity index (χ4v) is 3.91. The molecule has 11 nitrogen and oxygen atoms in total. The normalized spacial score (nSPS) is 20.7. The lowest BCUT2D eigenvalue weighted by Crippen LogP contribution is -2.50. The number of amides is 3. The van der Waals surface area contributed by atoms with Crippen molar-refractivity contribution in [2.24, 2.45) is 0 Å². The van der Waals surface area contributed by atoms with E-state index in [1.165, 1.54) is 0 Å². The molecule has 0 spiro atoms. The fourth-order valence-electron chi connectivity index (χ4n) is 3.91. The highest BCUT2D eigenvalue weighted by Gasteiger charge is 2.31. The van der Waals surface area contributed by atoms with Gasteiger partial charge in [0.05, 0.1) is 24.1 Å². The number of anilines is 2. The van der Waals surface area contributed by atoms with Crippen LogP contribution in [0.4, 0.5) is 21.2 Å². The zero-order chi connectivity index (χ0) is 24.1. The highest BCUT2D eigenvalue weighted by Crippen LogP contribution is 2.28. The van der Waals surface area contributed by atoms with Crippen molar-refractivity contribution in [3.8, 4) is 0 Å². The summed E-state index contributed by atoms with van der Waals surface area (Å²) < 4.78 is 11.2. The van der Waals surface area contributed by atoms with Gasteiger partial charge in [-0.1, -0.05) is 6.07 Å². The van der Waals surface area contributed by atoms with Crippen molar-refractivity contribution >= 4 is 23.8 Å². The quantitative estimate of drug-likeness (QED) is 0.701. The average Bonchev–Trinajstić information content (AvgIpc) is 3.27. The van der Waals surface area contributed by atoms with E-state index in [-0.39, 0.29) is 24.3 Å². The summed E-state index contributed by atoms with van der Waals surface area (Å²) >= 11 is 0. The van der Waals surface area contributed by atoms with Gasteiger partial charge in [-0.3, -0.25) is 4.98 Å². The molecule has 2 N–H and O–H groups in total. The van der Waals surface area contributed by atoms with Gasteiger partial charge in [0.2, 0.25) is 5.95 Å². The largest absolute Gasteiger partial charge is 0.444 e. The monoisotopic (exact) mass is 469 g/mol. The van der Waals surface area contributed by atoms with Crippen molar-refractivity contribution in [2.45, 2.75) is 44.9 Å². The third kappa shape index (κ3) is 6.10. The lowest BCUT2D eigenvalue weighted by Gasteiger charge is -2.35. The molecule has 0 saturated carbocycles.